The molecule has 0 heterocycles. The SMILES string of the molecule is COC(=O)c1cc(NC(=S)N[C@H](C)COc2ccccc2OC)ccc1Cl. The van der Waals surface area contributed by atoms with E-state index in [-0.39, 0.29) is 11.6 Å². The van der Waals surface area contributed by atoms with Crippen molar-refractivity contribution in [3.63, 3.8) is 0 Å². The van der Waals surface area contributed by atoms with Crippen LogP contribution in [0.25, 0.3) is 0 Å². The summed E-state index contributed by atoms with van der Waals surface area (Å²) in [5.74, 6) is 0.816. The molecule has 1 atom stereocenters. The number of esters is 1. The standard InChI is InChI=1S/C19H21ClN2O4S/c1-12(11-26-17-7-5-4-6-16(17)24-2)21-19(27)22-13-8-9-15(20)14(10-13)18(23)25-3/h4-10,12H,11H2,1-3H3,(H2,21,22,27)/t12-/m1/s1. The van der Waals surface area contributed by atoms with Crippen LogP contribution < -0.4 is 20.1 Å². The quantitative estimate of drug-likeness (QED) is 0.532. The van der Waals surface area contributed by atoms with Crippen LogP contribution in [0, 0.1) is 0 Å². The van der Waals surface area contributed by atoms with Crippen molar-refractivity contribution in [3.05, 3.63) is 53.1 Å². The Balaban J connectivity index is 1.90. The fourth-order valence-corrected chi connectivity index (χ4v) is 2.77. The maximum Gasteiger partial charge on any atom is 0.339 e. The molecule has 0 saturated heterocycles. The number of ether oxygens (including phenoxy) is 3. The molecule has 0 spiro atoms. The van der Waals surface area contributed by atoms with E-state index in [2.05, 4.69) is 10.6 Å². The number of nitrogens with one attached hydrogen (secondary N) is 2. The Labute approximate surface area is 168 Å². The van der Waals surface area contributed by atoms with Gasteiger partial charge in [0.25, 0.3) is 0 Å². The average molecular weight is 409 g/mol. The molecule has 0 unspecified atom stereocenters. The summed E-state index contributed by atoms with van der Waals surface area (Å²) in [5, 5.41) is 6.84. The summed E-state index contributed by atoms with van der Waals surface area (Å²) in [7, 11) is 2.89. The van der Waals surface area contributed by atoms with Gasteiger partial charge in [-0.1, -0.05) is 23.7 Å². The number of carbonyl (C=O) groups is 1. The maximum absolute atomic E-state index is 11.7. The molecule has 0 fully saturated rings. The molecule has 0 saturated carbocycles. The van der Waals surface area contributed by atoms with E-state index in [1.807, 2.05) is 31.2 Å². The molecular formula is C19H21ClN2O4S. The topological polar surface area (TPSA) is 68.8 Å². The highest BCUT2D eigenvalue weighted by molar-refractivity contribution is 7.80. The van der Waals surface area contributed by atoms with Gasteiger partial charge in [0.1, 0.15) is 6.61 Å². The average Bonchev–Trinajstić information content (AvgIpc) is 2.67. The summed E-state index contributed by atoms with van der Waals surface area (Å²) in [5.41, 5.74) is 0.884. The van der Waals surface area contributed by atoms with E-state index in [1.165, 1.54) is 7.11 Å². The van der Waals surface area contributed by atoms with E-state index in [1.54, 1.807) is 25.3 Å². The second-order valence-electron chi connectivity index (χ2n) is 5.65. The van der Waals surface area contributed by atoms with Gasteiger partial charge < -0.3 is 24.8 Å². The molecule has 0 aliphatic carbocycles. The molecule has 0 aromatic heterocycles. The summed E-state index contributed by atoms with van der Waals surface area (Å²) < 4.78 is 15.7. The van der Waals surface area contributed by atoms with Crippen molar-refractivity contribution in [2.75, 3.05) is 26.1 Å². The van der Waals surface area contributed by atoms with Crippen LogP contribution in [0.3, 0.4) is 0 Å². The van der Waals surface area contributed by atoms with Gasteiger partial charge in [0.05, 0.1) is 30.8 Å². The van der Waals surface area contributed by atoms with Crippen molar-refractivity contribution in [1.82, 2.24) is 5.32 Å². The van der Waals surface area contributed by atoms with E-state index in [9.17, 15) is 4.79 Å². The van der Waals surface area contributed by atoms with E-state index in [4.69, 9.17) is 38.0 Å². The number of benzene rings is 2. The highest BCUT2D eigenvalue weighted by Crippen LogP contribution is 2.25. The van der Waals surface area contributed by atoms with Crippen LogP contribution in [0.4, 0.5) is 5.69 Å². The van der Waals surface area contributed by atoms with Crippen molar-refractivity contribution in [3.8, 4) is 11.5 Å². The summed E-state index contributed by atoms with van der Waals surface area (Å²) in [6.07, 6.45) is 0. The number of carbonyl (C=O) groups excluding carboxylic acids is 1. The number of anilines is 1. The van der Waals surface area contributed by atoms with Gasteiger partial charge in [0, 0.05) is 5.69 Å². The third-order valence-corrected chi connectivity index (χ3v) is 4.11. The van der Waals surface area contributed by atoms with Gasteiger partial charge in [-0.2, -0.15) is 0 Å². The zero-order valence-electron chi connectivity index (χ0n) is 15.2. The molecule has 2 aromatic carbocycles. The van der Waals surface area contributed by atoms with Crippen molar-refractivity contribution in [2.24, 2.45) is 0 Å². The maximum atomic E-state index is 11.7. The predicted octanol–water partition coefficient (Wildman–Crippen LogP) is 3.89. The Morgan fingerprint density at radius 2 is 1.89 bits per heavy atom. The van der Waals surface area contributed by atoms with Crippen molar-refractivity contribution < 1.29 is 19.0 Å². The number of thiocarbonyl (C=S) groups is 1. The highest BCUT2D eigenvalue weighted by Gasteiger charge is 2.13. The first-order chi connectivity index (χ1) is 12.9. The third kappa shape index (κ3) is 6.01. The van der Waals surface area contributed by atoms with Crippen LogP contribution >= 0.6 is 23.8 Å². The molecule has 0 amide bonds. The van der Waals surface area contributed by atoms with Crippen LogP contribution in [0.1, 0.15) is 17.3 Å². The second-order valence-corrected chi connectivity index (χ2v) is 6.46. The molecule has 6 nitrogen and oxygen atoms in total. The Morgan fingerprint density at radius 3 is 2.56 bits per heavy atom. The summed E-state index contributed by atoms with van der Waals surface area (Å²) in [6.45, 7) is 2.32. The molecular weight excluding hydrogens is 388 g/mol. The smallest absolute Gasteiger partial charge is 0.339 e. The van der Waals surface area contributed by atoms with Gasteiger partial charge in [-0.15, -0.1) is 0 Å². The van der Waals surface area contributed by atoms with E-state index >= 15 is 0 Å². The van der Waals surface area contributed by atoms with Crippen molar-refractivity contribution in [1.29, 1.82) is 0 Å². The van der Waals surface area contributed by atoms with Gasteiger partial charge >= 0.3 is 5.97 Å². The molecule has 2 N–H and O–H groups in total. The molecule has 0 bridgehead atoms. The van der Waals surface area contributed by atoms with E-state index in [0.717, 1.165) is 0 Å². The van der Waals surface area contributed by atoms with E-state index in [0.29, 0.717) is 33.9 Å². The lowest BCUT2D eigenvalue weighted by Gasteiger charge is -2.18. The van der Waals surface area contributed by atoms with Crippen LogP contribution in [-0.4, -0.2) is 38.0 Å². The summed E-state index contributed by atoms with van der Waals surface area (Å²) in [6, 6.07) is 12.3. The summed E-state index contributed by atoms with van der Waals surface area (Å²) in [4.78, 5) is 11.7. The minimum Gasteiger partial charge on any atom is -0.493 e. The monoisotopic (exact) mass is 408 g/mol. The van der Waals surface area contributed by atoms with Gasteiger partial charge in [-0.25, -0.2) is 4.79 Å². The molecule has 8 heteroatoms. The fourth-order valence-electron chi connectivity index (χ4n) is 2.25. The number of hydrogen-bond donors (Lipinski definition) is 2. The molecule has 2 rings (SSSR count). The molecule has 0 aliphatic rings. The lowest BCUT2D eigenvalue weighted by molar-refractivity contribution is 0.0601. The molecule has 27 heavy (non-hydrogen) atoms. The Hall–Kier alpha value is -2.51. The van der Waals surface area contributed by atoms with Crippen LogP contribution in [0.2, 0.25) is 5.02 Å². The third-order valence-electron chi connectivity index (χ3n) is 3.56. The number of methoxy groups -OCH3 is 2. The van der Waals surface area contributed by atoms with Crippen molar-refractivity contribution >= 4 is 40.6 Å². The number of para-hydroxylation sites is 2. The largest absolute Gasteiger partial charge is 0.493 e. The second kappa shape index (κ2) is 9.99. The Kier molecular flexibility index (Phi) is 7.69. The normalized spacial score (nSPS) is 11.3. The van der Waals surface area contributed by atoms with Gasteiger partial charge in [-0.3, -0.25) is 0 Å². The lowest BCUT2D eigenvalue weighted by Crippen LogP contribution is -2.39. The molecule has 2 aromatic rings. The van der Waals surface area contributed by atoms with E-state index < -0.39 is 5.97 Å². The number of hydrogen-bond acceptors (Lipinski definition) is 5. The van der Waals surface area contributed by atoms with Gasteiger partial charge in [-0.05, 0) is 49.5 Å². The van der Waals surface area contributed by atoms with Crippen molar-refractivity contribution in [2.45, 2.75) is 13.0 Å². The number of rotatable bonds is 7. The first kappa shape index (κ1) is 20.8. The zero-order chi connectivity index (χ0) is 19.8. The Bertz CT molecular complexity index is 816. The zero-order valence-corrected chi connectivity index (χ0v) is 16.8. The first-order valence-electron chi connectivity index (χ1n) is 8.15. The van der Waals surface area contributed by atoms with Gasteiger partial charge in [0.15, 0.2) is 16.6 Å². The van der Waals surface area contributed by atoms with Crippen LogP contribution in [-0.2, 0) is 4.74 Å². The van der Waals surface area contributed by atoms with Gasteiger partial charge in [0.2, 0.25) is 0 Å². The predicted molar refractivity (Wildman–Crippen MR) is 110 cm³/mol. The summed E-state index contributed by atoms with van der Waals surface area (Å²) >= 11 is 11.3. The van der Waals surface area contributed by atoms with Crippen LogP contribution in [0.5, 0.6) is 11.5 Å². The lowest BCUT2D eigenvalue weighted by atomic mass is 10.2. The Morgan fingerprint density at radius 1 is 1.19 bits per heavy atom. The minimum atomic E-state index is -0.513. The highest BCUT2D eigenvalue weighted by atomic mass is 35.5. The first-order valence-corrected chi connectivity index (χ1v) is 8.94. The van der Waals surface area contributed by atoms with Crippen LogP contribution in [0.15, 0.2) is 42.5 Å². The number of halogens is 1. The fraction of sp³-hybridized carbons (Fsp3) is 0.263. The molecule has 0 aliphatic heterocycles. The minimum absolute atomic E-state index is 0.0673. The molecule has 0 radical (unpaired) electrons. The molecule has 144 valence electrons.